The average molecular weight is 331 g/mol. The number of carbonyl (C=O) groups is 1. The summed E-state index contributed by atoms with van der Waals surface area (Å²) in [5.74, 6) is -0.0287. The molecule has 0 aliphatic carbocycles. The van der Waals surface area contributed by atoms with E-state index in [0.29, 0.717) is 25.9 Å². The van der Waals surface area contributed by atoms with Gasteiger partial charge < -0.3 is 16.4 Å². The highest BCUT2D eigenvalue weighted by atomic mass is 35.5. The van der Waals surface area contributed by atoms with E-state index in [1.807, 2.05) is 13.8 Å². The van der Waals surface area contributed by atoms with E-state index >= 15 is 0 Å². The zero-order valence-corrected chi connectivity index (χ0v) is 13.6. The van der Waals surface area contributed by atoms with Crippen LogP contribution in [0, 0.1) is 10.1 Å². The van der Waals surface area contributed by atoms with E-state index in [2.05, 4.69) is 10.6 Å². The number of nitro benzene ring substituents is 1. The van der Waals surface area contributed by atoms with E-state index in [9.17, 15) is 14.9 Å². The average Bonchev–Trinajstić information content (AvgIpc) is 2.41. The zero-order chi connectivity index (χ0) is 15.9. The molecule has 0 unspecified atom stereocenters. The van der Waals surface area contributed by atoms with Crippen LogP contribution in [0.1, 0.15) is 26.7 Å². The first-order valence-corrected chi connectivity index (χ1v) is 6.82. The number of nitrogens with zero attached hydrogens (tertiary/aromatic N) is 1. The number of amides is 1. The number of carbonyl (C=O) groups excluding carboxylic acids is 1. The van der Waals surface area contributed by atoms with Crippen molar-refractivity contribution in [2.75, 3.05) is 18.4 Å². The molecule has 0 heterocycles. The first-order valence-electron chi connectivity index (χ1n) is 6.82. The Morgan fingerprint density at radius 1 is 1.32 bits per heavy atom. The monoisotopic (exact) mass is 330 g/mol. The molecule has 0 radical (unpaired) electrons. The number of nitro groups is 1. The summed E-state index contributed by atoms with van der Waals surface area (Å²) >= 11 is 0. The molecule has 22 heavy (non-hydrogen) atoms. The minimum absolute atomic E-state index is 0. The van der Waals surface area contributed by atoms with Crippen molar-refractivity contribution in [2.45, 2.75) is 32.2 Å². The summed E-state index contributed by atoms with van der Waals surface area (Å²) in [7, 11) is 0. The number of nitrogens with one attached hydrogen (secondary N) is 2. The second kappa shape index (κ2) is 9.22. The topological polar surface area (TPSA) is 110 Å². The summed E-state index contributed by atoms with van der Waals surface area (Å²) in [6.07, 6.45) is 1.09. The van der Waals surface area contributed by atoms with Gasteiger partial charge in [0.2, 0.25) is 5.91 Å². The molecule has 0 atom stereocenters. The maximum Gasteiger partial charge on any atom is 0.269 e. The lowest BCUT2D eigenvalue weighted by atomic mass is 10.1. The highest BCUT2D eigenvalue weighted by Crippen LogP contribution is 2.15. The molecule has 8 heteroatoms. The molecule has 1 rings (SSSR count). The Labute approximate surface area is 136 Å². The summed E-state index contributed by atoms with van der Waals surface area (Å²) in [6, 6.07) is 6.18. The van der Waals surface area contributed by atoms with E-state index in [4.69, 9.17) is 5.73 Å². The van der Waals surface area contributed by atoms with Crippen molar-refractivity contribution >= 4 is 29.7 Å². The number of halogens is 1. The molecule has 7 nitrogen and oxygen atoms in total. The number of non-ortho nitro benzene ring substituents is 1. The van der Waals surface area contributed by atoms with Crippen molar-refractivity contribution in [1.29, 1.82) is 0 Å². The summed E-state index contributed by atoms with van der Waals surface area (Å²) < 4.78 is 0. The van der Waals surface area contributed by atoms with Crippen LogP contribution in [-0.4, -0.2) is 29.5 Å². The number of nitrogens with two attached hydrogens (primary N) is 1. The van der Waals surface area contributed by atoms with Crippen molar-refractivity contribution in [3.05, 3.63) is 34.4 Å². The number of hydrogen-bond acceptors (Lipinski definition) is 5. The summed E-state index contributed by atoms with van der Waals surface area (Å²) in [6.45, 7) is 4.77. The van der Waals surface area contributed by atoms with Gasteiger partial charge in [-0.05, 0) is 32.4 Å². The van der Waals surface area contributed by atoms with Gasteiger partial charge in [0, 0.05) is 42.9 Å². The molecular formula is C14H23ClN4O3. The van der Waals surface area contributed by atoms with Gasteiger partial charge in [0.15, 0.2) is 0 Å². The Morgan fingerprint density at radius 3 is 2.41 bits per heavy atom. The molecule has 1 aromatic rings. The number of benzene rings is 1. The van der Waals surface area contributed by atoms with Crippen LogP contribution in [0.2, 0.25) is 0 Å². The van der Waals surface area contributed by atoms with Gasteiger partial charge in [-0.15, -0.1) is 12.4 Å². The fourth-order valence-electron chi connectivity index (χ4n) is 1.60. The normalized spacial score (nSPS) is 10.5. The standard InChI is InChI=1S/C14H22N4O3.ClH/c1-14(2,15)10-17-13(19)4-3-9-16-11-5-7-12(8-6-11)18(20)21;/h5-8,16H,3-4,9-10,15H2,1-2H3,(H,17,19);1H. The van der Waals surface area contributed by atoms with Gasteiger partial charge in [0.05, 0.1) is 4.92 Å². The molecule has 0 saturated heterocycles. The fraction of sp³-hybridized carbons (Fsp3) is 0.500. The first-order chi connectivity index (χ1) is 9.78. The Morgan fingerprint density at radius 2 is 1.91 bits per heavy atom. The van der Waals surface area contributed by atoms with Crippen LogP contribution in [0.15, 0.2) is 24.3 Å². The highest BCUT2D eigenvalue weighted by Gasteiger charge is 2.11. The third-order valence-electron chi connectivity index (χ3n) is 2.73. The smallest absolute Gasteiger partial charge is 0.269 e. The number of rotatable bonds is 8. The zero-order valence-electron chi connectivity index (χ0n) is 12.8. The molecule has 0 fully saturated rings. The Hall–Kier alpha value is -1.86. The second-order valence-corrected chi connectivity index (χ2v) is 5.60. The second-order valence-electron chi connectivity index (χ2n) is 5.60. The van der Waals surface area contributed by atoms with Gasteiger partial charge in [-0.25, -0.2) is 0 Å². The van der Waals surface area contributed by atoms with Gasteiger partial charge in [0.1, 0.15) is 0 Å². The van der Waals surface area contributed by atoms with Crippen LogP contribution < -0.4 is 16.4 Å². The summed E-state index contributed by atoms with van der Waals surface area (Å²) in [5, 5.41) is 16.4. The largest absolute Gasteiger partial charge is 0.385 e. The van der Waals surface area contributed by atoms with Gasteiger partial charge >= 0.3 is 0 Å². The van der Waals surface area contributed by atoms with E-state index in [0.717, 1.165) is 5.69 Å². The van der Waals surface area contributed by atoms with E-state index in [-0.39, 0.29) is 24.0 Å². The maximum atomic E-state index is 11.6. The van der Waals surface area contributed by atoms with Crippen LogP contribution in [-0.2, 0) is 4.79 Å². The fourth-order valence-corrected chi connectivity index (χ4v) is 1.60. The molecule has 124 valence electrons. The van der Waals surface area contributed by atoms with E-state index in [1.165, 1.54) is 12.1 Å². The molecule has 0 aromatic heterocycles. The van der Waals surface area contributed by atoms with Crippen LogP contribution in [0.3, 0.4) is 0 Å². The van der Waals surface area contributed by atoms with Crippen LogP contribution >= 0.6 is 12.4 Å². The first kappa shape index (κ1) is 20.1. The van der Waals surface area contributed by atoms with Crippen molar-refractivity contribution in [1.82, 2.24) is 5.32 Å². The van der Waals surface area contributed by atoms with Crippen molar-refractivity contribution < 1.29 is 9.72 Å². The molecule has 0 bridgehead atoms. The molecule has 4 N–H and O–H groups in total. The molecular weight excluding hydrogens is 308 g/mol. The summed E-state index contributed by atoms with van der Waals surface area (Å²) in [4.78, 5) is 21.6. The SMILES string of the molecule is CC(C)(N)CNC(=O)CCCNc1ccc([N+](=O)[O-])cc1.Cl. The third kappa shape index (κ3) is 8.43. The van der Waals surface area contributed by atoms with Crippen LogP contribution in [0.4, 0.5) is 11.4 Å². The maximum absolute atomic E-state index is 11.6. The summed E-state index contributed by atoms with van der Waals surface area (Å²) in [5.41, 5.74) is 6.22. The Balaban J connectivity index is 0.00000441. The number of hydrogen-bond donors (Lipinski definition) is 3. The van der Waals surface area contributed by atoms with Crippen LogP contribution in [0.25, 0.3) is 0 Å². The lowest BCUT2D eigenvalue weighted by Crippen LogP contribution is -2.45. The molecule has 1 amide bonds. The lowest BCUT2D eigenvalue weighted by molar-refractivity contribution is -0.384. The van der Waals surface area contributed by atoms with E-state index < -0.39 is 10.5 Å². The molecule has 0 aliphatic heterocycles. The quantitative estimate of drug-likeness (QED) is 0.384. The highest BCUT2D eigenvalue weighted by molar-refractivity contribution is 5.85. The molecule has 0 spiro atoms. The van der Waals surface area contributed by atoms with Crippen molar-refractivity contribution in [3.63, 3.8) is 0 Å². The third-order valence-corrected chi connectivity index (χ3v) is 2.73. The lowest BCUT2D eigenvalue weighted by Gasteiger charge is -2.18. The van der Waals surface area contributed by atoms with E-state index in [1.54, 1.807) is 12.1 Å². The minimum atomic E-state index is -0.437. The van der Waals surface area contributed by atoms with Crippen molar-refractivity contribution in [3.8, 4) is 0 Å². The van der Waals surface area contributed by atoms with Gasteiger partial charge in [0.25, 0.3) is 5.69 Å². The molecule has 0 aliphatic rings. The van der Waals surface area contributed by atoms with Gasteiger partial charge in [-0.3, -0.25) is 14.9 Å². The molecule has 0 saturated carbocycles. The Bertz CT molecular complexity index is 486. The molecule has 1 aromatic carbocycles. The predicted molar refractivity (Wildman–Crippen MR) is 89.3 cm³/mol. The minimum Gasteiger partial charge on any atom is -0.385 e. The van der Waals surface area contributed by atoms with Gasteiger partial charge in [-0.2, -0.15) is 0 Å². The van der Waals surface area contributed by atoms with Gasteiger partial charge in [-0.1, -0.05) is 0 Å². The van der Waals surface area contributed by atoms with Crippen LogP contribution in [0.5, 0.6) is 0 Å². The predicted octanol–water partition coefficient (Wildman–Crippen LogP) is 2.06. The van der Waals surface area contributed by atoms with Crippen molar-refractivity contribution in [2.24, 2.45) is 5.73 Å². The number of anilines is 1. The Kier molecular flexibility index (Phi) is 8.44.